The van der Waals surface area contributed by atoms with Gasteiger partial charge in [0.25, 0.3) is 0 Å². The average Bonchev–Trinajstić information content (AvgIpc) is 2.38. The standard InChI is InChI=1S/C14H12BrClN2O/c1-9-2-4-12(7-13(9)16)18-17-8-10-6-11(15)3-5-14(10)19/h2-8,18-19H,1H3. The number of hydrazone groups is 1. The van der Waals surface area contributed by atoms with Gasteiger partial charge in [0.1, 0.15) is 5.75 Å². The van der Waals surface area contributed by atoms with E-state index in [9.17, 15) is 5.11 Å². The van der Waals surface area contributed by atoms with Crippen molar-refractivity contribution in [3.05, 3.63) is 57.0 Å². The van der Waals surface area contributed by atoms with Crippen molar-refractivity contribution in [3.8, 4) is 5.75 Å². The lowest BCUT2D eigenvalue weighted by atomic mass is 10.2. The minimum atomic E-state index is 0.177. The van der Waals surface area contributed by atoms with E-state index in [-0.39, 0.29) is 5.75 Å². The fourth-order valence-electron chi connectivity index (χ4n) is 1.47. The second-order valence-corrected chi connectivity index (χ2v) is 5.36. The third-order valence-electron chi connectivity index (χ3n) is 2.56. The highest BCUT2D eigenvalue weighted by atomic mass is 79.9. The summed E-state index contributed by atoms with van der Waals surface area (Å²) in [5.41, 5.74) is 5.30. The van der Waals surface area contributed by atoms with Crippen LogP contribution in [-0.2, 0) is 0 Å². The van der Waals surface area contributed by atoms with Crippen LogP contribution in [0.25, 0.3) is 0 Å². The Balaban J connectivity index is 2.11. The quantitative estimate of drug-likeness (QED) is 0.636. The van der Waals surface area contributed by atoms with Gasteiger partial charge in [-0.05, 0) is 42.8 Å². The van der Waals surface area contributed by atoms with Crippen LogP contribution in [0.2, 0.25) is 5.02 Å². The monoisotopic (exact) mass is 338 g/mol. The topological polar surface area (TPSA) is 44.6 Å². The van der Waals surface area contributed by atoms with E-state index in [2.05, 4.69) is 26.5 Å². The van der Waals surface area contributed by atoms with Gasteiger partial charge in [-0.2, -0.15) is 5.10 Å². The summed E-state index contributed by atoms with van der Waals surface area (Å²) in [6.45, 7) is 1.94. The molecule has 0 spiro atoms. The lowest BCUT2D eigenvalue weighted by Gasteiger charge is -2.03. The summed E-state index contributed by atoms with van der Waals surface area (Å²) in [5, 5.41) is 14.4. The molecule has 0 heterocycles. The number of nitrogens with zero attached hydrogens (tertiary/aromatic N) is 1. The maximum Gasteiger partial charge on any atom is 0.124 e. The largest absolute Gasteiger partial charge is 0.507 e. The Bertz CT molecular complexity index is 629. The van der Waals surface area contributed by atoms with E-state index in [1.807, 2.05) is 19.1 Å². The third-order valence-corrected chi connectivity index (χ3v) is 3.46. The second kappa shape index (κ2) is 6.08. The van der Waals surface area contributed by atoms with Crippen molar-refractivity contribution in [1.29, 1.82) is 0 Å². The van der Waals surface area contributed by atoms with E-state index >= 15 is 0 Å². The highest BCUT2D eigenvalue weighted by Crippen LogP contribution is 2.21. The first-order valence-corrected chi connectivity index (χ1v) is 6.77. The average molecular weight is 340 g/mol. The molecule has 2 N–H and O–H groups in total. The van der Waals surface area contributed by atoms with Crippen molar-refractivity contribution < 1.29 is 5.11 Å². The van der Waals surface area contributed by atoms with E-state index in [0.717, 1.165) is 15.7 Å². The number of benzene rings is 2. The number of aromatic hydroxyl groups is 1. The predicted octanol–water partition coefficient (Wildman–Crippen LogP) is 4.56. The van der Waals surface area contributed by atoms with Gasteiger partial charge in [0.05, 0.1) is 11.9 Å². The Kier molecular flexibility index (Phi) is 4.45. The van der Waals surface area contributed by atoms with Gasteiger partial charge in [-0.25, -0.2) is 0 Å². The summed E-state index contributed by atoms with van der Waals surface area (Å²) >= 11 is 9.36. The Morgan fingerprint density at radius 2 is 2.05 bits per heavy atom. The van der Waals surface area contributed by atoms with E-state index in [4.69, 9.17) is 11.6 Å². The van der Waals surface area contributed by atoms with E-state index in [1.165, 1.54) is 0 Å². The number of phenols is 1. The van der Waals surface area contributed by atoms with E-state index in [0.29, 0.717) is 10.6 Å². The van der Waals surface area contributed by atoms with Crippen molar-refractivity contribution in [2.75, 3.05) is 5.43 Å². The Morgan fingerprint density at radius 1 is 1.26 bits per heavy atom. The van der Waals surface area contributed by atoms with Gasteiger partial charge in [-0.15, -0.1) is 0 Å². The SMILES string of the molecule is Cc1ccc(NN=Cc2cc(Br)ccc2O)cc1Cl. The Morgan fingerprint density at radius 3 is 2.79 bits per heavy atom. The molecule has 0 saturated carbocycles. The fraction of sp³-hybridized carbons (Fsp3) is 0.0714. The van der Waals surface area contributed by atoms with Gasteiger partial charge in [0, 0.05) is 15.1 Å². The zero-order chi connectivity index (χ0) is 13.8. The van der Waals surface area contributed by atoms with Crippen LogP contribution in [0.3, 0.4) is 0 Å². The summed E-state index contributed by atoms with van der Waals surface area (Å²) in [6.07, 6.45) is 1.55. The summed E-state index contributed by atoms with van der Waals surface area (Å²) < 4.78 is 0.880. The van der Waals surface area contributed by atoms with Gasteiger partial charge < -0.3 is 5.11 Å². The normalized spacial score (nSPS) is 10.9. The number of halogens is 2. The molecular weight excluding hydrogens is 328 g/mol. The van der Waals surface area contributed by atoms with Crippen LogP contribution in [0.4, 0.5) is 5.69 Å². The van der Waals surface area contributed by atoms with E-state index < -0.39 is 0 Å². The smallest absolute Gasteiger partial charge is 0.124 e. The molecule has 0 amide bonds. The van der Waals surface area contributed by atoms with Crippen LogP contribution in [0, 0.1) is 6.92 Å². The highest BCUT2D eigenvalue weighted by molar-refractivity contribution is 9.10. The lowest BCUT2D eigenvalue weighted by molar-refractivity contribution is 0.474. The van der Waals surface area contributed by atoms with Crippen molar-refractivity contribution in [2.24, 2.45) is 5.10 Å². The number of hydrogen-bond acceptors (Lipinski definition) is 3. The number of aryl methyl sites for hydroxylation is 1. The molecule has 2 aromatic rings. The minimum absolute atomic E-state index is 0.177. The first-order valence-electron chi connectivity index (χ1n) is 5.60. The first kappa shape index (κ1) is 13.9. The van der Waals surface area contributed by atoms with Crippen LogP contribution in [0.1, 0.15) is 11.1 Å². The number of nitrogens with one attached hydrogen (secondary N) is 1. The van der Waals surface area contributed by atoms with Crippen LogP contribution < -0.4 is 5.43 Å². The number of anilines is 1. The molecule has 0 radical (unpaired) electrons. The molecule has 98 valence electrons. The van der Waals surface area contributed by atoms with Crippen molar-refractivity contribution in [2.45, 2.75) is 6.92 Å². The first-order chi connectivity index (χ1) is 9.06. The van der Waals surface area contributed by atoms with Gasteiger partial charge in [0.15, 0.2) is 0 Å². The molecule has 0 atom stereocenters. The van der Waals surface area contributed by atoms with E-state index in [1.54, 1.807) is 30.5 Å². The van der Waals surface area contributed by atoms with Crippen LogP contribution in [0.5, 0.6) is 5.75 Å². The summed E-state index contributed by atoms with van der Waals surface area (Å²) in [7, 11) is 0. The summed E-state index contributed by atoms with van der Waals surface area (Å²) in [4.78, 5) is 0. The molecular formula is C14H12BrClN2O. The number of rotatable bonds is 3. The molecule has 0 bridgehead atoms. The molecule has 5 heteroatoms. The van der Waals surface area contributed by atoms with Gasteiger partial charge >= 0.3 is 0 Å². The number of hydrogen-bond donors (Lipinski definition) is 2. The third kappa shape index (κ3) is 3.72. The Labute approximate surface area is 125 Å². The maximum absolute atomic E-state index is 9.65. The molecule has 0 unspecified atom stereocenters. The van der Waals surface area contributed by atoms with Crippen molar-refractivity contribution in [3.63, 3.8) is 0 Å². The Hall–Kier alpha value is -1.52. The molecule has 3 nitrogen and oxygen atoms in total. The highest BCUT2D eigenvalue weighted by Gasteiger charge is 1.99. The second-order valence-electron chi connectivity index (χ2n) is 4.04. The van der Waals surface area contributed by atoms with Gasteiger partial charge in [-0.1, -0.05) is 33.6 Å². The molecule has 2 rings (SSSR count). The summed E-state index contributed by atoms with van der Waals surface area (Å²) in [5.74, 6) is 0.177. The van der Waals surface area contributed by atoms with Crippen molar-refractivity contribution in [1.82, 2.24) is 0 Å². The summed E-state index contributed by atoms with van der Waals surface area (Å²) in [6, 6.07) is 10.8. The number of phenolic OH excluding ortho intramolecular Hbond substituents is 1. The molecule has 2 aromatic carbocycles. The maximum atomic E-state index is 9.65. The van der Waals surface area contributed by atoms with Gasteiger partial charge in [-0.3, -0.25) is 5.43 Å². The molecule has 0 aliphatic heterocycles. The van der Waals surface area contributed by atoms with Gasteiger partial charge in [0.2, 0.25) is 0 Å². The molecule has 0 saturated heterocycles. The zero-order valence-corrected chi connectivity index (χ0v) is 12.5. The van der Waals surface area contributed by atoms with Crippen molar-refractivity contribution >= 4 is 39.4 Å². The molecule has 0 aliphatic carbocycles. The van der Waals surface area contributed by atoms with Crippen LogP contribution in [0.15, 0.2) is 46.0 Å². The fourth-order valence-corrected chi connectivity index (χ4v) is 2.03. The van der Waals surface area contributed by atoms with Crippen LogP contribution in [-0.4, -0.2) is 11.3 Å². The predicted molar refractivity (Wildman–Crippen MR) is 83.2 cm³/mol. The molecule has 0 fully saturated rings. The molecule has 19 heavy (non-hydrogen) atoms. The molecule has 0 aromatic heterocycles. The lowest BCUT2D eigenvalue weighted by Crippen LogP contribution is -1.91. The molecule has 0 aliphatic rings. The minimum Gasteiger partial charge on any atom is -0.507 e. The zero-order valence-electron chi connectivity index (χ0n) is 10.2. The van der Waals surface area contributed by atoms with Crippen LogP contribution >= 0.6 is 27.5 Å².